The largest absolute Gasteiger partial charge is 0.341 e. The van der Waals surface area contributed by atoms with Gasteiger partial charge in [0, 0.05) is 24.9 Å². The van der Waals surface area contributed by atoms with Gasteiger partial charge in [-0.1, -0.05) is 12.8 Å². The van der Waals surface area contributed by atoms with Gasteiger partial charge in [0.2, 0.25) is 5.91 Å². The highest BCUT2D eigenvalue weighted by Crippen LogP contribution is 2.34. The lowest BCUT2D eigenvalue weighted by molar-refractivity contribution is -0.133. The highest BCUT2D eigenvalue weighted by Gasteiger charge is 2.40. The van der Waals surface area contributed by atoms with Gasteiger partial charge in [-0.3, -0.25) is 4.79 Å². The molecule has 0 aromatic rings. The Morgan fingerprint density at radius 1 is 1.28 bits per heavy atom. The van der Waals surface area contributed by atoms with Crippen LogP contribution in [0.25, 0.3) is 0 Å². The Labute approximate surface area is 114 Å². The summed E-state index contributed by atoms with van der Waals surface area (Å²) >= 11 is 1.98. The number of thioether (sulfide) groups is 1. The molecule has 102 valence electrons. The molecule has 0 aromatic heterocycles. The molecule has 18 heavy (non-hydrogen) atoms. The van der Waals surface area contributed by atoms with Crippen molar-refractivity contribution in [1.29, 1.82) is 0 Å². The molecule has 4 heteroatoms. The van der Waals surface area contributed by atoms with E-state index in [9.17, 15) is 4.79 Å². The van der Waals surface area contributed by atoms with Crippen LogP contribution < -0.4 is 5.32 Å². The molecule has 0 aromatic carbocycles. The molecule has 3 aliphatic rings. The summed E-state index contributed by atoms with van der Waals surface area (Å²) in [5, 5.41) is 3.60. The van der Waals surface area contributed by atoms with E-state index in [-0.39, 0.29) is 6.04 Å². The zero-order valence-corrected chi connectivity index (χ0v) is 12.0. The smallest absolute Gasteiger partial charge is 0.239 e. The number of hydrogen-bond acceptors (Lipinski definition) is 3. The van der Waals surface area contributed by atoms with Gasteiger partial charge in [0.15, 0.2) is 0 Å². The van der Waals surface area contributed by atoms with E-state index in [4.69, 9.17) is 0 Å². The quantitative estimate of drug-likeness (QED) is 0.830. The molecule has 0 radical (unpaired) electrons. The van der Waals surface area contributed by atoms with Crippen LogP contribution in [0.2, 0.25) is 0 Å². The van der Waals surface area contributed by atoms with E-state index in [1.54, 1.807) is 0 Å². The van der Waals surface area contributed by atoms with E-state index < -0.39 is 0 Å². The standard InChI is InChI=1S/C14H24N2OS/c1-16(11-6-7-18-9-11)14(17)13-8-10-4-2-3-5-12(10)15-13/h10-13,15H,2-9H2,1H3. The van der Waals surface area contributed by atoms with Crippen molar-refractivity contribution in [1.82, 2.24) is 10.2 Å². The van der Waals surface area contributed by atoms with Gasteiger partial charge in [0.25, 0.3) is 0 Å². The monoisotopic (exact) mass is 268 g/mol. The van der Waals surface area contributed by atoms with Crippen LogP contribution in [0.4, 0.5) is 0 Å². The predicted molar refractivity (Wildman–Crippen MR) is 75.8 cm³/mol. The van der Waals surface area contributed by atoms with Crippen LogP contribution in [0.5, 0.6) is 0 Å². The summed E-state index contributed by atoms with van der Waals surface area (Å²) < 4.78 is 0. The molecule has 4 atom stereocenters. The van der Waals surface area contributed by atoms with Gasteiger partial charge in [-0.05, 0) is 37.4 Å². The van der Waals surface area contributed by atoms with Crippen molar-refractivity contribution in [2.45, 2.75) is 56.7 Å². The van der Waals surface area contributed by atoms with E-state index in [0.29, 0.717) is 18.0 Å². The first-order valence-corrected chi connectivity index (χ1v) is 8.51. The lowest BCUT2D eigenvalue weighted by Crippen LogP contribution is -2.47. The van der Waals surface area contributed by atoms with Crippen molar-refractivity contribution in [3.63, 3.8) is 0 Å². The minimum atomic E-state index is 0.105. The van der Waals surface area contributed by atoms with Crippen molar-refractivity contribution in [3.8, 4) is 0 Å². The van der Waals surface area contributed by atoms with Crippen LogP contribution in [0.3, 0.4) is 0 Å². The summed E-state index contributed by atoms with van der Waals surface area (Å²) in [5.74, 6) is 3.45. The fourth-order valence-electron chi connectivity index (χ4n) is 3.76. The molecule has 4 unspecified atom stereocenters. The summed E-state index contributed by atoms with van der Waals surface area (Å²) in [6.45, 7) is 0. The molecular weight excluding hydrogens is 244 g/mol. The SMILES string of the molecule is CN(C(=O)C1CC2CCCCC2N1)C1CCSC1. The molecule has 0 bridgehead atoms. The average molecular weight is 268 g/mol. The Bertz CT molecular complexity index is 303. The normalized spacial score (nSPS) is 39.6. The first kappa shape index (κ1) is 12.8. The van der Waals surface area contributed by atoms with Crippen LogP contribution in [0.1, 0.15) is 38.5 Å². The predicted octanol–water partition coefficient (Wildman–Crippen LogP) is 1.87. The Hall–Kier alpha value is -0.220. The lowest BCUT2D eigenvalue weighted by Gasteiger charge is -2.27. The molecule has 3 rings (SSSR count). The molecule has 1 N–H and O–H groups in total. The van der Waals surface area contributed by atoms with Crippen molar-refractivity contribution < 1.29 is 4.79 Å². The first-order chi connectivity index (χ1) is 8.75. The van der Waals surface area contributed by atoms with Crippen LogP contribution in [-0.2, 0) is 4.79 Å². The highest BCUT2D eigenvalue weighted by atomic mass is 32.2. The zero-order valence-electron chi connectivity index (χ0n) is 11.2. The second-order valence-electron chi connectivity index (χ2n) is 6.07. The van der Waals surface area contributed by atoms with Gasteiger partial charge < -0.3 is 10.2 Å². The number of rotatable bonds is 2. The molecule has 2 saturated heterocycles. The van der Waals surface area contributed by atoms with Crippen LogP contribution >= 0.6 is 11.8 Å². The zero-order chi connectivity index (χ0) is 12.5. The summed E-state index contributed by atoms with van der Waals surface area (Å²) in [7, 11) is 2.00. The highest BCUT2D eigenvalue weighted by molar-refractivity contribution is 7.99. The molecule has 3 fully saturated rings. The van der Waals surface area contributed by atoms with Crippen molar-refractivity contribution in [3.05, 3.63) is 0 Å². The Morgan fingerprint density at radius 2 is 2.11 bits per heavy atom. The number of amides is 1. The van der Waals surface area contributed by atoms with Crippen LogP contribution in [-0.4, -0.2) is 47.5 Å². The second kappa shape index (κ2) is 5.41. The number of nitrogens with one attached hydrogen (secondary N) is 1. The van der Waals surface area contributed by atoms with E-state index in [1.807, 2.05) is 23.7 Å². The van der Waals surface area contributed by atoms with Crippen molar-refractivity contribution in [2.24, 2.45) is 5.92 Å². The second-order valence-corrected chi connectivity index (χ2v) is 7.22. The number of likely N-dealkylation sites (N-methyl/N-ethyl adjacent to an activating group) is 1. The van der Waals surface area contributed by atoms with Gasteiger partial charge in [0.05, 0.1) is 6.04 Å². The van der Waals surface area contributed by atoms with E-state index in [0.717, 1.165) is 18.1 Å². The van der Waals surface area contributed by atoms with Gasteiger partial charge >= 0.3 is 0 Å². The minimum absolute atomic E-state index is 0.105. The Kier molecular flexibility index (Phi) is 3.85. The third-order valence-corrected chi connectivity index (χ3v) is 6.11. The average Bonchev–Trinajstić information content (AvgIpc) is 3.05. The third-order valence-electron chi connectivity index (χ3n) is 4.96. The first-order valence-electron chi connectivity index (χ1n) is 7.36. The summed E-state index contributed by atoms with van der Waals surface area (Å²) in [6.07, 6.45) is 7.55. The van der Waals surface area contributed by atoms with E-state index >= 15 is 0 Å². The van der Waals surface area contributed by atoms with Crippen molar-refractivity contribution >= 4 is 17.7 Å². The lowest BCUT2D eigenvalue weighted by atomic mass is 9.85. The van der Waals surface area contributed by atoms with Crippen molar-refractivity contribution in [2.75, 3.05) is 18.6 Å². The van der Waals surface area contributed by atoms with Gasteiger partial charge in [-0.15, -0.1) is 0 Å². The third kappa shape index (κ3) is 2.42. The number of carbonyl (C=O) groups is 1. The Balaban J connectivity index is 1.59. The number of carbonyl (C=O) groups excluding carboxylic acids is 1. The number of nitrogens with zero attached hydrogens (tertiary/aromatic N) is 1. The number of hydrogen-bond donors (Lipinski definition) is 1. The molecule has 1 amide bonds. The molecule has 3 nitrogen and oxygen atoms in total. The Morgan fingerprint density at radius 3 is 2.83 bits per heavy atom. The molecule has 2 aliphatic heterocycles. The molecule has 2 heterocycles. The topological polar surface area (TPSA) is 32.3 Å². The molecule has 1 aliphatic carbocycles. The molecular formula is C14H24N2OS. The van der Waals surface area contributed by atoms with Crippen LogP contribution in [0, 0.1) is 5.92 Å². The number of fused-ring (bicyclic) bond motifs is 1. The summed E-state index contributed by atoms with van der Waals surface area (Å²) in [6, 6.07) is 1.21. The van der Waals surface area contributed by atoms with Gasteiger partial charge in [-0.2, -0.15) is 11.8 Å². The maximum Gasteiger partial charge on any atom is 0.239 e. The fraction of sp³-hybridized carbons (Fsp3) is 0.929. The van der Waals surface area contributed by atoms with E-state index in [1.165, 1.54) is 37.9 Å². The maximum atomic E-state index is 12.5. The van der Waals surface area contributed by atoms with E-state index in [2.05, 4.69) is 5.32 Å². The fourth-order valence-corrected chi connectivity index (χ4v) is 5.03. The summed E-state index contributed by atoms with van der Waals surface area (Å²) in [4.78, 5) is 14.6. The van der Waals surface area contributed by atoms with Crippen LogP contribution in [0.15, 0.2) is 0 Å². The molecule has 1 saturated carbocycles. The van der Waals surface area contributed by atoms with Gasteiger partial charge in [0.1, 0.15) is 0 Å². The molecule has 0 spiro atoms. The maximum absolute atomic E-state index is 12.5. The minimum Gasteiger partial charge on any atom is -0.341 e. The summed E-state index contributed by atoms with van der Waals surface area (Å²) in [5.41, 5.74) is 0. The van der Waals surface area contributed by atoms with Gasteiger partial charge in [-0.25, -0.2) is 0 Å².